The van der Waals surface area contributed by atoms with Gasteiger partial charge in [0.25, 0.3) is 0 Å². The van der Waals surface area contributed by atoms with Crippen molar-refractivity contribution in [2.45, 2.75) is 25.7 Å². The molecule has 1 N–H and O–H groups in total. The average Bonchev–Trinajstić information content (AvgIpc) is 2.57. The van der Waals surface area contributed by atoms with Crippen LogP contribution < -0.4 is 5.32 Å². The molecule has 0 amide bonds. The van der Waals surface area contributed by atoms with Crippen molar-refractivity contribution >= 4 is 0 Å². The largest absolute Gasteiger partial charge is 0.324 e. The second kappa shape index (κ2) is 3.97. The predicted molar refractivity (Wildman–Crippen MR) is 55.6 cm³/mol. The smallest absolute Gasteiger partial charge is 0.0911 e. The Bertz CT molecular complexity index is 155. The summed E-state index contributed by atoms with van der Waals surface area (Å²) in [6, 6.07) is 0. The Hall–Kier alpha value is -0.0800. The first-order valence-electron chi connectivity index (χ1n) is 5.83. The minimum atomic E-state index is 1.04. The number of quaternary nitrogens is 1. The zero-order chi connectivity index (χ0) is 9.15. The molecule has 2 nitrogen and oxygen atoms in total. The average molecular weight is 183 g/mol. The molecular formula is C11H23N2+. The fourth-order valence-electron chi connectivity index (χ4n) is 2.93. The number of nitrogens with one attached hydrogen (secondary N) is 1. The third-order valence-corrected chi connectivity index (χ3v) is 3.83. The molecule has 0 spiro atoms. The normalized spacial score (nSPS) is 29.3. The molecule has 0 unspecified atom stereocenters. The summed E-state index contributed by atoms with van der Waals surface area (Å²) in [4.78, 5) is 0. The number of nitrogens with zero attached hydrogens (tertiary/aromatic N) is 1. The van der Waals surface area contributed by atoms with Crippen LogP contribution in [0, 0.1) is 5.92 Å². The summed E-state index contributed by atoms with van der Waals surface area (Å²) in [5.41, 5.74) is 0. The lowest BCUT2D eigenvalue weighted by Crippen LogP contribution is -2.57. The lowest BCUT2D eigenvalue weighted by Gasteiger charge is -2.39. The van der Waals surface area contributed by atoms with Crippen LogP contribution in [0.1, 0.15) is 25.7 Å². The molecule has 2 rings (SSSR count). The minimum Gasteiger partial charge on any atom is -0.324 e. The molecule has 2 aliphatic rings. The quantitative estimate of drug-likeness (QED) is 0.635. The van der Waals surface area contributed by atoms with E-state index in [9.17, 15) is 0 Å². The highest BCUT2D eigenvalue weighted by atomic mass is 15.4. The van der Waals surface area contributed by atoms with Gasteiger partial charge in [0.2, 0.25) is 0 Å². The Morgan fingerprint density at radius 3 is 2.38 bits per heavy atom. The van der Waals surface area contributed by atoms with E-state index in [2.05, 4.69) is 12.4 Å². The van der Waals surface area contributed by atoms with Crippen molar-refractivity contribution in [1.29, 1.82) is 0 Å². The van der Waals surface area contributed by atoms with E-state index in [4.69, 9.17) is 0 Å². The number of hydrogen-bond donors (Lipinski definition) is 1. The Labute approximate surface area is 81.9 Å². The molecule has 1 saturated carbocycles. The fourth-order valence-corrected chi connectivity index (χ4v) is 2.93. The Balaban J connectivity index is 1.83. The van der Waals surface area contributed by atoms with Crippen molar-refractivity contribution in [3.63, 3.8) is 0 Å². The Morgan fingerprint density at radius 2 is 1.77 bits per heavy atom. The molecule has 0 atom stereocenters. The SMILES string of the molecule is C[N+]1(CC2CCCC2)CCNCC1. The van der Waals surface area contributed by atoms with Crippen LogP contribution >= 0.6 is 0 Å². The van der Waals surface area contributed by atoms with Gasteiger partial charge in [-0.15, -0.1) is 0 Å². The van der Waals surface area contributed by atoms with Crippen molar-refractivity contribution in [2.75, 3.05) is 39.8 Å². The van der Waals surface area contributed by atoms with Gasteiger partial charge in [0, 0.05) is 19.0 Å². The summed E-state index contributed by atoms with van der Waals surface area (Å²) < 4.78 is 1.33. The molecule has 0 aromatic carbocycles. The van der Waals surface area contributed by atoms with E-state index < -0.39 is 0 Å². The molecule has 2 heteroatoms. The second-order valence-electron chi connectivity index (χ2n) is 5.15. The van der Waals surface area contributed by atoms with Gasteiger partial charge in [-0.1, -0.05) is 12.8 Å². The first-order valence-corrected chi connectivity index (χ1v) is 5.83. The van der Waals surface area contributed by atoms with Crippen LogP contribution in [-0.2, 0) is 0 Å². The van der Waals surface area contributed by atoms with E-state index in [0.717, 1.165) is 5.92 Å². The molecular weight excluding hydrogens is 160 g/mol. The van der Waals surface area contributed by atoms with E-state index >= 15 is 0 Å². The van der Waals surface area contributed by atoms with Gasteiger partial charge in [0.15, 0.2) is 0 Å². The highest BCUT2D eigenvalue weighted by Gasteiger charge is 2.29. The van der Waals surface area contributed by atoms with E-state index in [1.165, 1.54) is 62.9 Å². The van der Waals surface area contributed by atoms with Gasteiger partial charge in [-0.3, -0.25) is 0 Å². The lowest BCUT2D eigenvalue weighted by molar-refractivity contribution is -0.914. The van der Waals surface area contributed by atoms with Crippen LogP contribution in [0.4, 0.5) is 0 Å². The number of piperazine rings is 1. The summed E-state index contributed by atoms with van der Waals surface area (Å²) in [6.45, 7) is 6.58. The molecule has 0 aromatic rings. The van der Waals surface area contributed by atoms with Crippen LogP contribution in [0.5, 0.6) is 0 Å². The van der Waals surface area contributed by atoms with Gasteiger partial charge >= 0.3 is 0 Å². The summed E-state index contributed by atoms with van der Waals surface area (Å²) in [5, 5.41) is 3.45. The maximum Gasteiger partial charge on any atom is 0.0911 e. The van der Waals surface area contributed by atoms with Crippen LogP contribution in [0.2, 0.25) is 0 Å². The molecule has 2 fully saturated rings. The molecule has 0 bridgehead atoms. The molecule has 0 radical (unpaired) electrons. The van der Waals surface area contributed by atoms with Crippen molar-refractivity contribution in [3.05, 3.63) is 0 Å². The fraction of sp³-hybridized carbons (Fsp3) is 1.00. The standard InChI is InChI=1S/C11H23N2/c1-13(8-6-12-7-9-13)10-11-4-2-3-5-11/h11-12H,2-10H2,1H3/q+1. The summed E-state index contributed by atoms with van der Waals surface area (Å²) in [5.74, 6) is 1.04. The molecule has 1 aliphatic carbocycles. The number of likely N-dealkylation sites (N-methyl/N-ethyl adjacent to an activating group) is 1. The topological polar surface area (TPSA) is 12.0 Å². The van der Waals surface area contributed by atoms with Crippen LogP contribution in [0.3, 0.4) is 0 Å². The monoisotopic (exact) mass is 183 g/mol. The maximum absolute atomic E-state index is 3.45. The Morgan fingerprint density at radius 1 is 1.15 bits per heavy atom. The second-order valence-corrected chi connectivity index (χ2v) is 5.15. The first-order chi connectivity index (χ1) is 6.29. The van der Waals surface area contributed by atoms with E-state index in [1.54, 1.807) is 0 Å². The van der Waals surface area contributed by atoms with Gasteiger partial charge in [0.05, 0.1) is 26.7 Å². The van der Waals surface area contributed by atoms with E-state index in [0.29, 0.717) is 0 Å². The van der Waals surface area contributed by atoms with Crippen molar-refractivity contribution in [2.24, 2.45) is 5.92 Å². The molecule has 13 heavy (non-hydrogen) atoms. The van der Waals surface area contributed by atoms with Gasteiger partial charge < -0.3 is 9.80 Å². The van der Waals surface area contributed by atoms with Gasteiger partial charge in [-0.2, -0.15) is 0 Å². The Kier molecular flexibility index (Phi) is 2.89. The van der Waals surface area contributed by atoms with Gasteiger partial charge in [-0.05, 0) is 12.8 Å². The maximum atomic E-state index is 3.45. The van der Waals surface area contributed by atoms with Crippen LogP contribution in [0.15, 0.2) is 0 Å². The zero-order valence-electron chi connectivity index (χ0n) is 8.89. The molecule has 1 aliphatic heterocycles. The third kappa shape index (κ3) is 2.44. The summed E-state index contributed by atoms with van der Waals surface area (Å²) >= 11 is 0. The van der Waals surface area contributed by atoms with Crippen LogP contribution in [-0.4, -0.2) is 44.3 Å². The molecule has 0 aromatic heterocycles. The first kappa shape index (κ1) is 9.47. The van der Waals surface area contributed by atoms with E-state index in [-0.39, 0.29) is 0 Å². The number of hydrogen-bond acceptors (Lipinski definition) is 1. The summed E-state index contributed by atoms with van der Waals surface area (Å²) in [6.07, 6.45) is 5.98. The third-order valence-electron chi connectivity index (χ3n) is 3.83. The van der Waals surface area contributed by atoms with E-state index in [1.807, 2.05) is 0 Å². The van der Waals surface area contributed by atoms with Crippen molar-refractivity contribution in [1.82, 2.24) is 5.32 Å². The predicted octanol–water partition coefficient (Wildman–Crippen LogP) is 1.23. The molecule has 1 saturated heterocycles. The number of rotatable bonds is 2. The van der Waals surface area contributed by atoms with Crippen LogP contribution in [0.25, 0.3) is 0 Å². The van der Waals surface area contributed by atoms with Gasteiger partial charge in [-0.25, -0.2) is 0 Å². The van der Waals surface area contributed by atoms with Crippen molar-refractivity contribution in [3.8, 4) is 0 Å². The zero-order valence-corrected chi connectivity index (χ0v) is 8.89. The van der Waals surface area contributed by atoms with Gasteiger partial charge in [0.1, 0.15) is 0 Å². The van der Waals surface area contributed by atoms with Crippen molar-refractivity contribution < 1.29 is 4.48 Å². The highest BCUT2D eigenvalue weighted by molar-refractivity contribution is 4.68. The molecule has 76 valence electrons. The minimum absolute atomic E-state index is 1.04. The highest BCUT2D eigenvalue weighted by Crippen LogP contribution is 2.27. The molecule has 1 heterocycles. The summed E-state index contributed by atoms with van der Waals surface area (Å²) in [7, 11) is 2.44. The lowest BCUT2D eigenvalue weighted by atomic mass is 10.1.